The number of rotatable bonds is 4. The third-order valence-electron chi connectivity index (χ3n) is 4.56. The van der Waals surface area contributed by atoms with Crippen LogP contribution in [0.4, 0.5) is 11.4 Å². The number of sulfonamides is 1. The molecule has 0 atom stereocenters. The first-order valence-corrected chi connectivity index (χ1v) is 9.78. The van der Waals surface area contributed by atoms with Gasteiger partial charge in [0.25, 0.3) is 10.0 Å². The molecular formula is C19H22N2O3S. The first-order chi connectivity index (χ1) is 11.8. The molecule has 1 amide bonds. The number of para-hydroxylation sites is 1. The van der Waals surface area contributed by atoms with Crippen LogP contribution in [0.25, 0.3) is 0 Å². The lowest BCUT2D eigenvalue weighted by Crippen LogP contribution is -2.24. The Labute approximate surface area is 148 Å². The predicted octanol–water partition coefficient (Wildman–Crippen LogP) is 3.54. The van der Waals surface area contributed by atoms with Gasteiger partial charge < -0.3 is 4.90 Å². The van der Waals surface area contributed by atoms with Gasteiger partial charge in [0.1, 0.15) is 0 Å². The Balaban J connectivity index is 2.01. The molecule has 2 aromatic rings. The number of aryl methyl sites for hydroxylation is 3. The summed E-state index contributed by atoms with van der Waals surface area (Å²) in [6, 6.07) is 10.8. The number of hydrogen-bond donors (Lipinski definition) is 1. The van der Waals surface area contributed by atoms with E-state index in [1.165, 1.54) is 0 Å². The molecule has 2 aromatic carbocycles. The molecule has 25 heavy (non-hydrogen) atoms. The fourth-order valence-corrected chi connectivity index (χ4v) is 4.60. The molecule has 6 heteroatoms. The second-order valence-electron chi connectivity index (χ2n) is 6.47. The maximum absolute atomic E-state index is 13.0. The van der Waals surface area contributed by atoms with E-state index >= 15 is 0 Å². The van der Waals surface area contributed by atoms with Gasteiger partial charge in [0.05, 0.1) is 10.6 Å². The fraction of sp³-hybridized carbons (Fsp3) is 0.316. The van der Waals surface area contributed by atoms with E-state index in [0.29, 0.717) is 29.9 Å². The Morgan fingerprint density at radius 1 is 1.00 bits per heavy atom. The minimum atomic E-state index is -3.75. The van der Waals surface area contributed by atoms with E-state index in [1.807, 2.05) is 32.0 Å². The number of anilines is 2. The number of hydrogen-bond acceptors (Lipinski definition) is 3. The summed E-state index contributed by atoms with van der Waals surface area (Å²) < 4.78 is 28.6. The van der Waals surface area contributed by atoms with E-state index in [4.69, 9.17) is 0 Å². The first-order valence-electron chi connectivity index (χ1n) is 8.29. The van der Waals surface area contributed by atoms with Crippen LogP contribution in [-0.4, -0.2) is 20.9 Å². The van der Waals surface area contributed by atoms with Gasteiger partial charge in [-0.2, -0.15) is 0 Å². The van der Waals surface area contributed by atoms with Crippen LogP contribution in [0.2, 0.25) is 0 Å². The number of benzene rings is 2. The molecule has 0 spiro atoms. The third-order valence-corrected chi connectivity index (χ3v) is 6.06. The Morgan fingerprint density at radius 2 is 1.68 bits per heavy atom. The second kappa shape index (κ2) is 6.52. The minimum absolute atomic E-state index is 0.0370. The first kappa shape index (κ1) is 17.5. The van der Waals surface area contributed by atoms with Gasteiger partial charge in [-0.15, -0.1) is 0 Å². The highest BCUT2D eigenvalue weighted by atomic mass is 32.2. The maximum Gasteiger partial charge on any atom is 0.262 e. The molecule has 1 aliphatic heterocycles. The van der Waals surface area contributed by atoms with Gasteiger partial charge in [0.15, 0.2) is 0 Å². The fourth-order valence-electron chi connectivity index (χ4n) is 3.13. The highest BCUT2D eigenvalue weighted by Gasteiger charge is 2.25. The van der Waals surface area contributed by atoms with Crippen molar-refractivity contribution in [3.63, 3.8) is 0 Å². The lowest BCUT2D eigenvalue weighted by Gasteiger charge is -2.19. The number of amides is 1. The minimum Gasteiger partial charge on any atom is -0.312 e. The van der Waals surface area contributed by atoms with Crippen molar-refractivity contribution in [1.29, 1.82) is 0 Å². The lowest BCUT2D eigenvalue weighted by molar-refractivity contribution is -0.117. The van der Waals surface area contributed by atoms with Gasteiger partial charge in [0.2, 0.25) is 5.91 Å². The van der Waals surface area contributed by atoms with Gasteiger partial charge in [-0.1, -0.05) is 24.3 Å². The average Bonchev–Trinajstić information content (AvgIpc) is 2.97. The monoisotopic (exact) mass is 358 g/mol. The van der Waals surface area contributed by atoms with Crippen LogP contribution >= 0.6 is 0 Å². The molecule has 0 aromatic heterocycles. The SMILES string of the molecule is Cc1ccc(N2CCCC2=O)cc1S(=O)(=O)Nc1c(C)cccc1C. The van der Waals surface area contributed by atoms with Gasteiger partial charge in [-0.25, -0.2) is 8.42 Å². The number of nitrogens with zero attached hydrogens (tertiary/aromatic N) is 1. The number of carbonyl (C=O) groups excluding carboxylic acids is 1. The van der Waals surface area contributed by atoms with E-state index in [1.54, 1.807) is 30.0 Å². The third kappa shape index (κ3) is 3.39. The van der Waals surface area contributed by atoms with Crippen LogP contribution in [0.15, 0.2) is 41.3 Å². The van der Waals surface area contributed by atoms with Crippen molar-refractivity contribution in [3.05, 3.63) is 53.1 Å². The zero-order valence-corrected chi connectivity index (χ0v) is 15.5. The smallest absolute Gasteiger partial charge is 0.262 e. The molecule has 0 radical (unpaired) electrons. The topological polar surface area (TPSA) is 66.5 Å². The van der Waals surface area contributed by atoms with Gasteiger partial charge in [-0.05, 0) is 56.0 Å². The van der Waals surface area contributed by atoms with E-state index in [2.05, 4.69) is 4.72 Å². The zero-order chi connectivity index (χ0) is 18.2. The highest BCUT2D eigenvalue weighted by molar-refractivity contribution is 7.92. The Hall–Kier alpha value is -2.34. The van der Waals surface area contributed by atoms with Crippen LogP contribution in [0, 0.1) is 20.8 Å². The van der Waals surface area contributed by atoms with Crippen molar-refractivity contribution in [2.24, 2.45) is 0 Å². The van der Waals surface area contributed by atoms with Crippen molar-refractivity contribution in [1.82, 2.24) is 0 Å². The summed E-state index contributed by atoms with van der Waals surface area (Å²) in [5.74, 6) is 0.0370. The van der Waals surface area contributed by atoms with Crippen molar-refractivity contribution in [2.45, 2.75) is 38.5 Å². The van der Waals surface area contributed by atoms with Crippen LogP contribution < -0.4 is 9.62 Å². The van der Waals surface area contributed by atoms with Crippen molar-refractivity contribution < 1.29 is 13.2 Å². The van der Waals surface area contributed by atoms with E-state index in [-0.39, 0.29) is 10.8 Å². The van der Waals surface area contributed by atoms with Crippen LogP contribution in [0.3, 0.4) is 0 Å². The van der Waals surface area contributed by atoms with E-state index < -0.39 is 10.0 Å². The molecule has 0 bridgehead atoms. The average molecular weight is 358 g/mol. The number of nitrogens with one attached hydrogen (secondary N) is 1. The molecule has 1 heterocycles. The Bertz CT molecular complexity index is 915. The van der Waals surface area contributed by atoms with E-state index in [9.17, 15) is 13.2 Å². The molecule has 5 nitrogen and oxygen atoms in total. The summed E-state index contributed by atoms with van der Waals surface area (Å²) in [7, 11) is -3.75. The molecule has 3 rings (SSSR count). The second-order valence-corrected chi connectivity index (χ2v) is 8.12. The molecule has 0 aliphatic carbocycles. The summed E-state index contributed by atoms with van der Waals surface area (Å²) in [6.45, 7) is 6.13. The van der Waals surface area contributed by atoms with Crippen molar-refractivity contribution in [3.8, 4) is 0 Å². The summed E-state index contributed by atoms with van der Waals surface area (Å²) in [5.41, 5.74) is 3.62. The normalized spacial score (nSPS) is 14.8. The van der Waals surface area contributed by atoms with Crippen LogP contribution in [0.1, 0.15) is 29.5 Å². The predicted molar refractivity (Wildman–Crippen MR) is 99.5 cm³/mol. The summed E-state index contributed by atoms with van der Waals surface area (Å²) in [5, 5.41) is 0. The standard InChI is InChI=1S/C19H22N2O3S/c1-13-9-10-16(21-11-5-8-18(21)22)12-17(13)25(23,24)20-19-14(2)6-4-7-15(19)3/h4,6-7,9-10,12,20H,5,8,11H2,1-3H3. The van der Waals surface area contributed by atoms with Crippen LogP contribution in [-0.2, 0) is 14.8 Å². The van der Waals surface area contributed by atoms with Gasteiger partial charge in [-0.3, -0.25) is 9.52 Å². The molecule has 1 aliphatic rings. The molecular weight excluding hydrogens is 336 g/mol. The zero-order valence-electron chi connectivity index (χ0n) is 14.7. The largest absolute Gasteiger partial charge is 0.312 e. The summed E-state index contributed by atoms with van der Waals surface area (Å²) in [6.07, 6.45) is 1.31. The Morgan fingerprint density at radius 3 is 2.28 bits per heavy atom. The molecule has 1 saturated heterocycles. The summed E-state index contributed by atoms with van der Waals surface area (Å²) in [4.78, 5) is 13.8. The number of carbonyl (C=O) groups is 1. The van der Waals surface area contributed by atoms with Crippen molar-refractivity contribution >= 4 is 27.3 Å². The van der Waals surface area contributed by atoms with Crippen LogP contribution in [0.5, 0.6) is 0 Å². The molecule has 1 N–H and O–H groups in total. The molecule has 1 fully saturated rings. The molecule has 132 valence electrons. The quantitative estimate of drug-likeness (QED) is 0.909. The Kier molecular flexibility index (Phi) is 4.56. The van der Waals surface area contributed by atoms with Gasteiger partial charge >= 0.3 is 0 Å². The maximum atomic E-state index is 13.0. The lowest BCUT2D eigenvalue weighted by atomic mass is 10.1. The summed E-state index contributed by atoms with van der Waals surface area (Å²) >= 11 is 0. The molecule has 0 saturated carbocycles. The van der Waals surface area contributed by atoms with E-state index in [0.717, 1.165) is 17.5 Å². The highest BCUT2D eigenvalue weighted by Crippen LogP contribution is 2.29. The van der Waals surface area contributed by atoms with Crippen molar-refractivity contribution in [2.75, 3.05) is 16.2 Å². The van der Waals surface area contributed by atoms with Gasteiger partial charge in [0, 0.05) is 18.7 Å². The molecule has 0 unspecified atom stereocenters.